The Balaban J connectivity index is 2.49. The van der Waals surface area contributed by atoms with E-state index in [0.29, 0.717) is 5.69 Å². The van der Waals surface area contributed by atoms with Gasteiger partial charge in [-0.05, 0) is 12.1 Å². The van der Waals surface area contributed by atoms with Crippen LogP contribution in [0.5, 0.6) is 0 Å². The lowest BCUT2D eigenvalue weighted by Crippen LogP contribution is -1.78. The topological polar surface area (TPSA) is 55.5 Å². The molecule has 0 bridgehead atoms. The molecule has 0 aliphatic carbocycles. The molecule has 0 unspecified atom stereocenters. The van der Waals surface area contributed by atoms with E-state index in [1.165, 1.54) is 6.26 Å². The molecular formula is C10H8N2O2. The number of benzene rings is 1. The summed E-state index contributed by atoms with van der Waals surface area (Å²) >= 11 is 0. The molecule has 0 amide bonds. The SMILES string of the molecule is Cc1ccc(-c2nocc2N=O)cc1. The Labute approximate surface area is 80.5 Å². The molecule has 0 spiro atoms. The van der Waals surface area contributed by atoms with Crippen LogP contribution in [0.2, 0.25) is 0 Å². The van der Waals surface area contributed by atoms with Crippen LogP contribution < -0.4 is 0 Å². The van der Waals surface area contributed by atoms with Crippen molar-refractivity contribution >= 4 is 5.69 Å². The first-order chi connectivity index (χ1) is 6.81. The highest BCUT2D eigenvalue weighted by molar-refractivity contribution is 5.70. The zero-order valence-corrected chi connectivity index (χ0v) is 7.60. The molecule has 4 nitrogen and oxygen atoms in total. The van der Waals surface area contributed by atoms with Gasteiger partial charge in [-0.25, -0.2) is 0 Å². The molecule has 0 radical (unpaired) electrons. The molecule has 0 saturated heterocycles. The van der Waals surface area contributed by atoms with Crippen LogP contribution in [-0.4, -0.2) is 5.16 Å². The van der Waals surface area contributed by atoms with E-state index < -0.39 is 0 Å². The fraction of sp³-hybridized carbons (Fsp3) is 0.100. The first-order valence-corrected chi connectivity index (χ1v) is 4.16. The third-order valence-electron chi connectivity index (χ3n) is 1.97. The lowest BCUT2D eigenvalue weighted by molar-refractivity contribution is 0.422. The van der Waals surface area contributed by atoms with Gasteiger partial charge >= 0.3 is 0 Å². The zero-order chi connectivity index (χ0) is 9.97. The molecule has 0 fully saturated rings. The van der Waals surface area contributed by atoms with Gasteiger partial charge in [0, 0.05) is 5.56 Å². The van der Waals surface area contributed by atoms with Crippen LogP contribution in [0, 0.1) is 11.8 Å². The smallest absolute Gasteiger partial charge is 0.175 e. The van der Waals surface area contributed by atoms with E-state index in [0.717, 1.165) is 11.1 Å². The Morgan fingerprint density at radius 2 is 2.00 bits per heavy atom. The second-order valence-electron chi connectivity index (χ2n) is 3.01. The minimum Gasteiger partial charge on any atom is -0.362 e. The van der Waals surface area contributed by atoms with Crippen LogP contribution in [-0.2, 0) is 0 Å². The summed E-state index contributed by atoms with van der Waals surface area (Å²) in [5, 5.41) is 6.54. The predicted octanol–water partition coefficient (Wildman–Crippen LogP) is 3.05. The number of hydrogen-bond donors (Lipinski definition) is 0. The van der Waals surface area contributed by atoms with Crippen molar-refractivity contribution in [2.45, 2.75) is 6.92 Å². The summed E-state index contributed by atoms with van der Waals surface area (Å²) in [5.41, 5.74) is 2.70. The highest BCUT2D eigenvalue weighted by atomic mass is 16.5. The lowest BCUT2D eigenvalue weighted by atomic mass is 10.1. The number of nitroso groups, excluding NO2 is 1. The fourth-order valence-corrected chi connectivity index (χ4v) is 1.21. The number of hydrogen-bond acceptors (Lipinski definition) is 4. The van der Waals surface area contributed by atoms with Crippen molar-refractivity contribution in [3.63, 3.8) is 0 Å². The van der Waals surface area contributed by atoms with Gasteiger partial charge in [-0.3, -0.25) is 0 Å². The van der Waals surface area contributed by atoms with Gasteiger partial charge in [-0.15, -0.1) is 4.91 Å². The molecule has 1 heterocycles. The van der Waals surface area contributed by atoms with Crippen molar-refractivity contribution in [2.75, 3.05) is 0 Å². The third-order valence-corrected chi connectivity index (χ3v) is 1.97. The summed E-state index contributed by atoms with van der Waals surface area (Å²) in [6.07, 6.45) is 1.24. The van der Waals surface area contributed by atoms with Gasteiger partial charge in [0.15, 0.2) is 12.0 Å². The van der Waals surface area contributed by atoms with E-state index in [1.807, 2.05) is 31.2 Å². The summed E-state index contributed by atoms with van der Waals surface area (Å²) in [6, 6.07) is 7.64. The van der Waals surface area contributed by atoms with E-state index in [1.54, 1.807) is 0 Å². The monoisotopic (exact) mass is 188 g/mol. The molecular weight excluding hydrogens is 180 g/mol. The largest absolute Gasteiger partial charge is 0.362 e. The maximum Gasteiger partial charge on any atom is 0.175 e. The van der Waals surface area contributed by atoms with E-state index in [2.05, 4.69) is 14.9 Å². The number of aromatic nitrogens is 1. The average molecular weight is 188 g/mol. The summed E-state index contributed by atoms with van der Waals surface area (Å²) < 4.78 is 4.68. The predicted molar refractivity (Wildman–Crippen MR) is 52.1 cm³/mol. The molecule has 0 saturated carbocycles. The molecule has 0 aliphatic heterocycles. The van der Waals surface area contributed by atoms with Crippen molar-refractivity contribution in [2.24, 2.45) is 5.18 Å². The standard InChI is InChI=1S/C10H8N2O2/c1-7-2-4-8(5-3-7)10-9(11-13)6-14-12-10/h2-6H,1H3. The highest BCUT2D eigenvalue weighted by Crippen LogP contribution is 2.28. The van der Waals surface area contributed by atoms with Crippen LogP contribution in [0.1, 0.15) is 5.56 Å². The van der Waals surface area contributed by atoms with Crippen molar-refractivity contribution in [1.29, 1.82) is 0 Å². The average Bonchev–Trinajstić information content (AvgIpc) is 2.67. The lowest BCUT2D eigenvalue weighted by Gasteiger charge is -1.96. The molecule has 70 valence electrons. The Kier molecular flexibility index (Phi) is 2.10. The highest BCUT2D eigenvalue weighted by Gasteiger charge is 2.09. The minimum absolute atomic E-state index is 0.230. The van der Waals surface area contributed by atoms with Crippen molar-refractivity contribution in [3.05, 3.63) is 41.0 Å². The number of aryl methyl sites for hydroxylation is 1. The van der Waals surface area contributed by atoms with Crippen LogP contribution in [0.3, 0.4) is 0 Å². The van der Waals surface area contributed by atoms with Gasteiger partial charge in [0.2, 0.25) is 0 Å². The molecule has 2 aromatic rings. The molecule has 1 aromatic heterocycles. The van der Waals surface area contributed by atoms with Gasteiger partial charge in [0.1, 0.15) is 5.69 Å². The second-order valence-corrected chi connectivity index (χ2v) is 3.01. The van der Waals surface area contributed by atoms with E-state index in [9.17, 15) is 4.91 Å². The van der Waals surface area contributed by atoms with Crippen molar-refractivity contribution in [1.82, 2.24) is 5.16 Å². The van der Waals surface area contributed by atoms with Crippen LogP contribution >= 0.6 is 0 Å². The summed E-state index contributed by atoms with van der Waals surface area (Å²) in [7, 11) is 0. The first-order valence-electron chi connectivity index (χ1n) is 4.16. The normalized spacial score (nSPS) is 10.1. The van der Waals surface area contributed by atoms with Gasteiger partial charge in [0.25, 0.3) is 0 Å². The van der Waals surface area contributed by atoms with Crippen molar-refractivity contribution < 1.29 is 4.52 Å². The molecule has 2 rings (SSSR count). The molecule has 0 N–H and O–H groups in total. The van der Waals surface area contributed by atoms with Crippen LogP contribution in [0.4, 0.5) is 5.69 Å². The number of rotatable bonds is 2. The van der Waals surface area contributed by atoms with Crippen LogP contribution in [0.25, 0.3) is 11.3 Å². The minimum atomic E-state index is 0.230. The molecule has 1 aromatic carbocycles. The van der Waals surface area contributed by atoms with Gasteiger partial charge < -0.3 is 4.52 Å². The third kappa shape index (κ3) is 1.42. The Morgan fingerprint density at radius 3 is 2.64 bits per heavy atom. The fourth-order valence-electron chi connectivity index (χ4n) is 1.21. The van der Waals surface area contributed by atoms with E-state index in [-0.39, 0.29) is 5.69 Å². The van der Waals surface area contributed by atoms with Gasteiger partial charge in [-0.2, -0.15) is 0 Å². The summed E-state index contributed by atoms with van der Waals surface area (Å²) in [5.74, 6) is 0. The molecule has 0 aliphatic rings. The van der Waals surface area contributed by atoms with E-state index >= 15 is 0 Å². The maximum absolute atomic E-state index is 10.4. The Hall–Kier alpha value is -1.97. The maximum atomic E-state index is 10.4. The molecule has 4 heteroatoms. The summed E-state index contributed by atoms with van der Waals surface area (Å²) in [4.78, 5) is 10.4. The molecule has 14 heavy (non-hydrogen) atoms. The van der Waals surface area contributed by atoms with E-state index in [4.69, 9.17) is 0 Å². The quantitative estimate of drug-likeness (QED) is 0.680. The van der Waals surface area contributed by atoms with Crippen LogP contribution in [0.15, 0.2) is 40.2 Å². The number of nitrogens with zero attached hydrogens (tertiary/aromatic N) is 2. The Bertz CT molecular complexity index is 445. The second kappa shape index (κ2) is 3.41. The first kappa shape index (κ1) is 8.62. The molecule has 0 atom stereocenters. The summed E-state index contributed by atoms with van der Waals surface area (Å²) in [6.45, 7) is 1.99. The Morgan fingerprint density at radius 1 is 1.29 bits per heavy atom. The van der Waals surface area contributed by atoms with Gasteiger partial charge in [0.05, 0.1) is 0 Å². The van der Waals surface area contributed by atoms with Crippen molar-refractivity contribution in [3.8, 4) is 11.3 Å². The van der Waals surface area contributed by atoms with Gasteiger partial charge in [-0.1, -0.05) is 35.0 Å². The zero-order valence-electron chi connectivity index (χ0n) is 7.60.